The highest BCUT2D eigenvalue weighted by molar-refractivity contribution is 6.14. The molecule has 1 fully saturated rings. The van der Waals surface area contributed by atoms with E-state index in [0.29, 0.717) is 17.6 Å². The summed E-state index contributed by atoms with van der Waals surface area (Å²) in [7, 11) is 0. The number of barbiturate groups is 1. The second-order valence-electron chi connectivity index (χ2n) is 8.04. The van der Waals surface area contributed by atoms with E-state index in [1.165, 1.54) is 0 Å². The van der Waals surface area contributed by atoms with Crippen LogP contribution < -0.4 is 0 Å². The SMILES string of the molecule is CC.Cc1ccc(CCC(F)(F)N2C(=O)CC(=O)N(C(F)(F)CCC3=CC=CCC=C3)C2=O)cc1. The van der Waals surface area contributed by atoms with E-state index in [4.69, 9.17) is 0 Å². The third-order valence-electron chi connectivity index (χ3n) is 5.44. The largest absolute Gasteiger partial charge is 0.342 e. The Balaban J connectivity index is 0.00000210. The number of alkyl halides is 4. The number of rotatable bonds is 8. The summed E-state index contributed by atoms with van der Waals surface area (Å²) in [5.74, 6) is -2.99. The lowest BCUT2D eigenvalue weighted by Gasteiger charge is -2.39. The fourth-order valence-electron chi connectivity index (χ4n) is 3.60. The number of halogens is 4. The molecular weight excluding hydrogens is 464 g/mol. The van der Waals surface area contributed by atoms with Gasteiger partial charge < -0.3 is 0 Å². The number of carbonyl (C=O) groups excluding carboxylic acids is 3. The first-order chi connectivity index (χ1) is 16.5. The van der Waals surface area contributed by atoms with Crippen LogP contribution in [-0.4, -0.2) is 39.7 Å². The summed E-state index contributed by atoms with van der Waals surface area (Å²) >= 11 is 0. The van der Waals surface area contributed by atoms with Gasteiger partial charge >= 0.3 is 18.1 Å². The first-order valence-electron chi connectivity index (χ1n) is 11.5. The molecule has 190 valence electrons. The van der Waals surface area contributed by atoms with Crippen molar-refractivity contribution in [3.63, 3.8) is 0 Å². The summed E-state index contributed by atoms with van der Waals surface area (Å²) in [5, 5.41) is 0. The maximum absolute atomic E-state index is 14.9. The number of urea groups is 1. The zero-order valence-corrected chi connectivity index (χ0v) is 20.1. The van der Waals surface area contributed by atoms with Crippen LogP contribution in [0, 0.1) is 6.92 Å². The van der Waals surface area contributed by atoms with E-state index in [9.17, 15) is 31.9 Å². The quantitative estimate of drug-likeness (QED) is 0.234. The average Bonchev–Trinajstić information content (AvgIpc) is 3.07. The molecule has 1 aromatic carbocycles. The van der Waals surface area contributed by atoms with Crippen LogP contribution in [-0.2, 0) is 16.0 Å². The molecule has 5 nitrogen and oxygen atoms in total. The predicted molar refractivity (Wildman–Crippen MR) is 125 cm³/mol. The maximum atomic E-state index is 14.9. The number of imide groups is 2. The minimum Gasteiger partial charge on any atom is -0.274 e. The normalized spacial score (nSPS) is 16.7. The number of benzene rings is 1. The van der Waals surface area contributed by atoms with Crippen LogP contribution in [0.1, 0.15) is 57.1 Å². The fraction of sp³-hybridized carbons (Fsp3) is 0.423. The molecule has 0 spiro atoms. The Hall–Kier alpha value is -3.23. The average molecular weight is 495 g/mol. The molecule has 0 radical (unpaired) electrons. The van der Waals surface area contributed by atoms with Crippen LogP contribution in [0.4, 0.5) is 22.4 Å². The van der Waals surface area contributed by atoms with Crippen molar-refractivity contribution >= 4 is 17.8 Å². The van der Waals surface area contributed by atoms with Crippen molar-refractivity contribution in [2.75, 3.05) is 0 Å². The minimum absolute atomic E-state index is 0.192. The molecule has 4 amide bonds. The molecule has 0 saturated carbocycles. The molecular formula is C26H30F4N2O3. The van der Waals surface area contributed by atoms with Crippen molar-refractivity contribution in [1.29, 1.82) is 0 Å². The van der Waals surface area contributed by atoms with Gasteiger partial charge in [0, 0.05) is 12.8 Å². The lowest BCUT2D eigenvalue weighted by atomic mass is 10.1. The highest BCUT2D eigenvalue weighted by atomic mass is 19.3. The number of hydrogen-bond donors (Lipinski definition) is 0. The van der Waals surface area contributed by atoms with E-state index in [0.717, 1.165) is 5.56 Å². The molecule has 1 heterocycles. The standard InChI is InChI=1S/C24H24F4N2O3.C2H6/c1-17-8-10-19(11-9-17)13-15-24(27,28)30-21(32)16-20(31)29(22(30)33)23(25,26)14-12-18-6-4-2-3-5-7-18;1-2/h2,4-11H,3,12-16H2,1H3;1-2H3. The Morgan fingerprint density at radius 2 is 1.37 bits per heavy atom. The number of amides is 4. The number of aryl methyl sites for hydroxylation is 2. The molecule has 0 atom stereocenters. The highest BCUT2D eigenvalue weighted by Crippen LogP contribution is 2.36. The number of nitrogens with zero attached hydrogens (tertiary/aromatic N) is 2. The topological polar surface area (TPSA) is 57.7 Å². The summed E-state index contributed by atoms with van der Waals surface area (Å²) in [6, 6.07) is -3.38. The molecule has 1 aliphatic carbocycles. The van der Waals surface area contributed by atoms with Gasteiger partial charge in [0.25, 0.3) is 0 Å². The highest BCUT2D eigenvalue weighted by Gasteiger charge is 2.57. The van der Waals surface area contributed by atoms with Crippen molar-refractivity contribution < 1.29 is 31.9 Å². The van der Waals surface area contributed by atoms with Crippen LogP contribution in [0.3, 0.4) is 0 Å². The monoisotopic (exact) mass is 494 g/mol. The van der Waals surface area contributed by atoms with Crippen LogP contribution in [0.25, 0.3) is 0 Å². The van der Waals surface area contributed by atoms with Gasteiger partial charge in [0.15, 0.2) is 0 Å². The van der Waals surface area contributed by atoms with Crippen molar-refractivity contribution in [3.05, 3.63) is 71.3 Å². The van der Waals surface area contributed by atoms with Crippen LogP contribution in [0.5, 0.6) is 0 Å². The van der Waals surface area contributed by atoms with Gasteiger partial charge in [-0.05, 0) is 37.3 Å². The van der Waals surface area contributed by atoms with E-state index in [1.807, 2.05) is 26.8 Å². The Morgan fingerprint density at radius 1 is 0.829 bits per heavy atom. The fourth-order valence-corrected chi connectivity index (χ4v) is 3.60. The molecule has 0 bridgehead atoms. The van der Waals surface area contributed by atoms with Gasteiger partial charge in [0.1, 0.15) is 6.42 Å². The van der Waals surface area contributed by atoms with Gasteiger partial charge in [0.2, 0.25) is 11.8 Å². The molecule has 0 N–H and O–H groups in total. The van der Waals surface area contributed by atoms with Crippen molar-refractivity contribution in [3.8, 4) is 0 Å². The summed E-state index contributed by atoms with van der Waals surface area (Å²) in [6.07, 6.45) is 5.66. The summed E-state index contributed by atoms with van der Waals surface area (Å²) in [5.41, 5.74) is 2.00. The lowest BCUT2D eigenvalue weighted by molar-refractivity contribution is -0.192. The van der Waals surface area contributed by atoms with E-state index in [1.54, 1.807) is 48.6 Å². The van der Waals surface area contributed by atoms with E-state index in [2.05, 4.69) is 0 Å². The van der Waals surface area contributed by atoms with Crippen LogP contribution in [0.15, 0.2) is 60.2 Å². The van der Waals surface area contributed by atoms with Crippen LogP contribution >= 0.6 is 0 Å². The Morgan fingerprint density at radius 3 is 1.94 bits per heavy atom. The first-order valence-corrected chi connectivity index (χ1v) is 11.5. The number of allylic oxidation sites excluding steroid dienone is 6. The summed E-state index contributed by atoms with van der Waals surface area (Å²) < 4.78 is 59.5. The zero-order valence-electron chi connectivity index (χ0n) is 20.1. The predicted octanol–water partition coefficient (Wildman–Crippen LogP) is 6.54. The third-order valence-corrected chi connectivity index (χ3v) is 5.44. The minimum atomic E-state index is -4.04. The molecule has 1 saturated heterocycles. The molecule has 0 aromatic heterocycles. The molecule has 9 heteroatoms. The Labute approximate surface area is 202 Å². The van der Waals surface area contributed by atoms with Gasteiger partial charge in [-0.25, -0.2) is 14.6 Å². The van der Waals surface area contributed by atoms with Crippen LogP contribution in [0.2, 0.25) is 0 Å². The van der Waals surface area contributed by atoms with Gasteiger partial charge in [-0.1, -0.05) is 74.1 Å². The van der Waals surface area contributed by atoms with Gasteiger partial charge in [-0.15, -0.1) is 0 Å². The van der Waals surface area contributed by atoms with Crippen molar-refractivity contribution in [2.24, 2.45) is 0 Å². The first kappa shape index (κ1) is 28.0. The molecule has 0 unspecified atom stereocenters. The molecule has 3 rings (SSSR count). The second-order valence-corrected chi connectivity index (χ2v) is 8.04. The van der Waals surface area contributed by atoms with E-state index < -0.39 is 59.0 Å². The van der Waals surface area contributed by atoms with Crippen molar-refractivity contribution in [2.45, 2.75) is 71.4 Å². The van der Waals surface area contributed by atoms with E-state index in [-0.39, 0.29) is 12.8 Å². The maximum Gasteiger partial charge on any atom is 0.342 e. The van der Waals surface area contributed by atoms with Crippen molar-refractivity contribution in [1.82, 2.24) is 9.80 Å². The lowest BCUT2D eigenvalue weighted by Crippen LogP contribution is -2.65. The third kappa shape index (κ3) is 7.13. The zero-order chi connectivity index (χ0) is 26.2. The molecule has 1 aliphatic heterocycles. The number of hydrogen-bond acceptors (Lipinski definition) is 3. The Bertz CT molecular complexity index is 1010. The second kappa shape index (κ2) is 12.0. The molecule has 2 aliphatic rings. The summed E-state index contributed by atoms with van der Waals surface area (Å²) in [4.78, 5) is 35.9. The van der Waals surface area contributed by atoms with E-state index >= 15 is 0 Å². The smallest absolute Gasteiger partial charge is 0.274 e. The van der Waals surface area contributed by atoms with Gasteiger partial charge in [0.05, 0.1) is 0 Å². The molecule has 1 aromatic rings. The van der Waals surface area contributed by atoms with Gasteiger partial charge in [-0.2, -0.15) is 17.6 Å². The molecule has 35 heavy (non-hydrogen) atoms. The Kier molecular flexibility index (Phi) is 9.56. The van der Waals surface area contributed by atoms with Gasteiger partial charge in [-0.3, -0.25) is 9.59 Å². The number of carbonyl (C=O) groups is 3. The summed E-state index contributed by atoms with van der Waals surface area (Å²) in [6.45, 7) is 5.83.